The highest BCUT2D eigenvalue weighted by atomic mass is 19.1. The average Bonchev–Trinajstić information content (AvgIpc) is 2.80. The minimum absolute atomic E-state index is 0.195. The number of aliphatic hydroxyl groups excluding tert-OH is 1. The normalized spacial score (nSPS) is 11.1. The molecule has 0 bridgehead atoms. The lowest BCUT2D eigenvalue weighted by Gasteiger charge is -2.04. The van der Waals surface area contributed by atoms with Crippen LogP contribution in [0.3, 0.4) is 0 Å². The summed E-state index contributed by atoms with van der Waals surface area (Å²) in [6.45, 7) is -0.219. The molecule has 2 aromatic heterocycles. The highest BCUT2D eigenvalue weighted by Gasteiger charge is 2.10. The van der Waals surface area contributed by atoms with E-state index in [0.717, 1.165) is 6.07 Å². The van der Waals surface area contributed by atoms with E-state index >= 15 is 0 Å². The van der Waals surface area contributed by atoms with Crippen LogP contribution in [0.5, 0.6) is 0 Å². The second-order valence-electron chi connectivity index (χ2n) is 4.02. The van der Waals surface area contributed by atoms with Crippen LogP contribution in [0.4, 0.5) is 8.78 Å². The maximum atomic E-state index is 13.7. The lowest BCUT2D eigenvalue weighted by molar-refractivity contribution is 0.274. The van der Waals surface area contributed by atoms with Crippen molar-refractivity contribution in [3.63, 3.8) is 0 Å². The first kappa shape index (κ1) is 11.7. The maximum absolute atomic E-state index is 13.7. The molecule has 0 aliphatic rings. The summed E-state index contributed by atoms with van der Waals surface area (Å²) in [5.41, 5.74) is 1.59. The molecule has 6 heteroatoms. The Balaban J connectivity index is 2.19. The monoisotopic (exact) mass is 261 g/mol. The number of rotatable bonds is 2. The first-order valence-corrected chi connectivity index (χ1v) is 5.59. The molecule has 96 valence electrons. The summed E-state index contributed by atoms with van der Waals surface area (Å²) in [5.74, 6) is -1.32. The molecule has 0 amide bonds. The van der Waals surface area contributed by atoms with E-state index in [1.807, 2.05) is 0 Å². The van der Waals surface area contributed by atoms with Crippen molar-refractivity contribution in [2.24, 2.45) is 0 Å². The summed E-state index contributed by atoms with van der Waals surface area (Å²) in [4.78, 5) is 4.05. The first-order chi connectivity index (χ1) is 9.19. The average molecular weight is 261 g/mol. The number of nitrogens with zero attached hydrogens (tertiary/aromatic N) is 3. The summed E-state index contributed by atoms with van der Waals surface area (Å²) in [5, 5.41) is 13.4. The van der Waals surface area contributed by atoms with Gasteiger partial charge in [0.05, 0.1) is 24.2 Å². The Morgan fingerprint density at radius 2 is 2.00 bits per heavy atom. The van der Waals surface area contributed by atoms with Gasteiger partial charge in [-0.3, -0.25) is 0 Å². The van der Waals surface area contributed by atoms with E-state index < -0.39 is 11.6 Å². The fraction of sp³-hybridized carbons (Fsp3) is 0.0769. The van der Waals surface area contributed by atoms with Crippen LogP contribution in [0.1, 0.15) is 5.69 Å². The number of hydrogen-bond donors (Lipinski definition) is 1. The van der Waals surface area contributed by atoms with Crippen molar-refractivity contribution in [1.82, 2.24) is 14.6 Å². The van der Waals surface area contributed by atoms with Crippen molar-refractivity contribution in [2.45, 2.75) is 6.61 Å². The predicted octanol–water partition coefficient (Wildman–Crippen LogP) is 2.17. The number of aromatic nitrogens is 3. The Labute approximate surface area is 107 Å². The highest BCUT2D eigenvalue weighted by Crippen LogP contribution is 2.22. The standard InChI is InChI=1S/C13H9F2N3O/c14-8-1-2-10(11(15)5-8)12-3-4-13-16-6-9(7-19)18(13)17-12/h1-6,19H,7H2. The van der Waals surface area contributed by atoms with Crippen LogP contribution in [0.25, 0.3) is 16.9 Å². The quantitative estimate of drug-likeness (QED) is 0.769. The Hall–Kier alpha value is -2.34. The van der Waals surface area contributed by atoms with Crippen molar-refractivity contribution in [1.29, 1.82) is 0 Å². The fourth-order valence-electron chi connectivity index (χ4n) is 1.87. The van der Waals surface area contributed by atoms with Gasteiger partial charge in [0.2, 0.25) is 0 Å². The lowest BCUT2D eigenvalue weighted by atomic mass is 10.1. The summed E-state index contributed by atoms with van der Waals surface area (Å²) in [6, 6.07) is 6.56. The van der Waals surface area contributed by atoms with Crippen LogP contribution < -0.4 is 0 Å². The van der Waals surface area contributed by atoms with Gasteiger partial charge in [0.1, 0.15) is 11.6 Å². The molecule has 0 radical (unpaired) electrons. The fourth-order valence-corrected chi connectivity index (χ4v) is 1.87. The van der Waals surface area contributed by atoms with Crippen LogP contribution in [-0.4, -0.2) is 19.7 Å². The summed E-state index contributed by atoms with van der Waals surface area (Å²) >= 11 is 0. The van der Waals surface area contributed by atoms with Crippen LogP contribution in [0.2, 0.25) is 0 Å². The van der Waals surface area contributed by atoms with E-state index in [9.17, 15) is 8.78 Å². The Morgan fingerprint density at radius 3 is 2.74 bits per heavy atom. The molecule has 0 aliphatic heterocycles. The van der Waals surface area contributed by atoms with Crippen LogP contribution in [0.15, 0.2) is 36.5 Å². The van der Waals surface area contributed by atoms with E-state index in [0.29, 0.717) is 17.0 Å². The predicted molar refractivity (Wildman–Crippen MR) is 64.3 cm³/mol. The van der Waals surface area contributed by atoms with Gasteiger partial charge in [0.15, 0.2) is 5.65 Å². The second kappa shape index (κ2) is 4.40. The Bertz CT molecular complexity index is 755. The van der Waals surface area contributed by atoms with Gasteiger partial charge >= 0.3 is 0 Å². The molecule has 0 aliphatic carbocycles. The number of benzene rings is 1. The minimum atomic E-state index is -0.683. The van der Waals surface area contributed by atoms with Crippen LogP contribution >= 0.6 is 0 Å². The molecule has 2 heterocycles. The first-order valence-electron chi connectivity index (χ1n) is 5.59. The zero-order chi connectivity index (χ0) is 13.4. The topological polar surface area (TPSA) is 50.4 Å². The molecule has 0 saturated heterocycles. The third kappa shape index (κ3) is 1.96. The largest absolute Gasteiger partial charge is 0.390 e. The molecular formula is C13H9F2N3O. The summed E-state index contributed by atoms with van der Waals surface area (Å²) < 4.78 is 28.0. The Kier molecular flexibility index (Phi) is 2.72. The molecule has 3 aromatic rings. The summed E-state index contributed by atoms with van der Waals surface area (Å²) in [6.07, 6.45) is 1.49. The number of hydrogen-bond acceptors (Lipinski definition) is 3. The highest BCUT2D eigenvalue weighted by molar-refractivity contribution is 5.61. The number of halogens is 2. The van der Waals surface area contributed by atoms with Gasteiger partial charge in [0.25, 0.3) is 0 Å². The van der Waals surface area contributed by atoms with Gasteiger partial charge in [-0.15, -0.1) is 0 Å². The van der Waals surface area contributed by atoms with Crippen LogP contribution in [-0.2, 0) is 6.61 Å². The zero-order valence-electron chi connectivity index (χ0n) is 9.72. The van der Waals surface area contributed by atoms with Gasteiger partial charge in [-0.05, 0) is 24.3 Å². The molecule has 0 fully saturated rings. The second-order valence-corrected chi connectivity index (χ2v) is 4.02. The minimum Gasteiger partial charge on any atom is -0.390 e. The van der Waals surface area contributed by atoms with Crippen molar-refractivity contribution in [2.75, 3.05) is 0 Å². The number of imidazole rings is 1. The molecular weight excluding hydrogens is 252 g/mol. The van der Waals surface area contributed by atoms with Gasteiger partial charge in [-0.1, -0.05) is 0 Å². The van der Waals surface area contributed by atoms with E-state index in [2.05, 4.69) is 10.1 Å². The van der Waals surface area contributed by atoms with E-state index in [4.69, 9.17) is 5.11 Å². The molecule has 4 nitrogen and oxygen atoms in total. The molecule has 1 N–H and O–H groups in total. The van der Waals surface area contributed by atoms with Crippen molar-refractivity contribution in [3.05, 3.63) is 53.9 Å². The van der Waals surface area contributed by atoms with E-state index in [-0.39, 0.29) is 12.2 Å². The van der Waals surface area contributed by atoms with Crippen molar-refractivity contribution >= 4 is 5.65 Å². The third-order valence-electron chi connectivity index (χ3n) is 2.80. The molecule has 0 atom stereocenters. The smallest absolute Gasteiger partial charge is 0.153 e. The van der Waals surface area contributed by atoms with Gasteiger partial charge in [0, 0.05) is 11.6 Å². The van der Waals surface area contributed by atoms with E-state index in [1.54, 1.807) is 12.1 Å². The Morgan fingerprint density at radius 1 is 1.16 bits per heavy atom. The van der Waals surface area contributed by atoms with Crippen LogP contribution in [0, 0.1) is 11.6 Å². The van der Waals surface area contributed by atoms with Gasteiger partial charge < -0.3 is 5.11 Å². The van der Waals surface area contributed by atoms with Gasteiger partial charge in [-0.2, -0.15) is 5.10 Å². The van der Waals surface area contributed by atoms with E-state index in [1.165, 1.54) is 22.8 Å². The molecule has 0 unspecified atom stereocenters. The molecule has 0 saturated carbocycles. The lowest BCUT2D eigenvalue weighted by Crippen LogP contribution is -2.00. The third-order valence-corrected chi connectivity index (χ3v) is 2.80. The summed E-state index contributed by atoms with van der Waals surface area (Å²) in [7, 11) is 0. The number of fused-ring (bicyclic) bond motifs is 1. The molecule has 0 spiro atoms. The van der Waals surface area contributed by atoms with Crippen molar-refractivity contribution in [3.8, 4) is 11.3 Å². The molecule has 3 rings (SSSR count). The SMILES string of the molecule is OCc1cnc2ccc(-c3ccc(F)cc3F)nn12. The maximum Gasteiger partial charge on any atom is 0.153 e. The van der Waals surface area contributed by atoms with Gasteiger partial charge in [-0.25, -0.2) is 18.3 Å². The molecule has 19 heavy (non-hydrogen) atoms. The molecule has 1 aromatic carbocycles. The number of aliphatic hydroxyl groups is 1. The zero-order valence-corrected chi connectivity index (χ0v) is 9.72. The van der Waals surface area contributed by atoms with Crippen molar-refractivity contribution < 1.29 is 13.9 Å².